The minimum absolute atomic E-state index is 0.507. The molecule has 1 amide bonds. The predicted octanol–water partition coefficient (Wildman–Crippen LogP) is 3.64. The summed E-state index contributed by atoms with van der Waals surface area (Å²) in [6.07, 6.45) is -0.796. The molecular formula is C15H19F2NO2. The molecule has 1 aliphatic rings. The maximum Gasteiger partial charge on any atom is 0.408 e. The van der Waals surface area contributed by atoms with Crippen LogP contribution in [0.2, 0.25) is 0 Å². The van der Waals surface area contributed by atoms with Gasteiger partial charge < -0.3 is 10.1 Å². The summed E-state index contributed by atoms with van der Waals surface area (Å²) >= 11 is 0. The van der Waals surface area contributed by atoms with Gasteiger partial charge in [0.25, 0.3) is 0 Å². The van der Waals surface area contributed by atoms with E-state index < -0.39 is 24.7 Å². The fourth-order valence-corrected chi connectivity index (χ4v) is 2.76. The molecule has 110 valence electrons. The van der Waals surface area contributed by atoms with Crippen LogP contribution >= 0.6 is 0 Å². The minimum atomic E-state index is -3.11. The van der Waals surface area contributed by atoms with Crippen molar-refractivity contribution in [3.8, 4) is 0 Å². The molecule has 2 rings (SSSR count). The first-order valence-electron chi connectivity index (χ1n) is 6.54. The number of cyclic esters (lactones) is 1. The van der Waals surface area contributed by atoms with Crippen molar-refractivity contribution in [3.63, 3.8) is 0 Å². The Labute approximate surface area is 117 Å². The Morgan fingerprint density at radius 3 is 1.95 bits per heavy atom. The first-order chi connectivity index (χ1) is 9.16. The summed E-state index contributed by atoms with van der Waals surface area (Å²) in [5.74, 6) is -3.11. The largest absolute Gasteiger partial charge is 0.443 e. The molecule has 1 heterocycles. The molecule has 1 N–H and O–H groups in total. The number of carbonyl (C=O) groups excluding carboxylic acids is 1. The molecular weight excluding hydrogens is 264 g/mol. The third-order valence-electron chi connectivity index (χ3n) is 4.43. The normalized spacial score (nSPS) is 21.4. The molecule has 0 aromatic heterocycles. The SMILES string of the molecule is Cc1c(C)c(C)c([C@@H]2NC(=O)OCC2(F)F)c(C)c1C. The van der Waals surface area contributed by atoms with Gasteiger partial charge in [0.2, 0.25) is 0 Å². The van der Waals surface area contributed by atoms with Gasteiger partial charge in [0.1, 0.15) is 6.04 Å². The average molecular weight is 283 g/mol. The van der Waals surface area contributed by atoms with Crippen molar-refractivity contribution in [2.75, 3.05) is 6.61 Å². The van der Waals surface area contributed by atoms with Crippen LogP contribution in [0.25, 0.3) is 0 Å². The van der Waals surface area contributed by atoms with Crippen LogP contribution in [0.3, 0.4) is 0 Å². The number of benzene rings is 1. The van der Waals surface area contributed by atoms with E-state index in [2.05, 4.69) is 10.1 Å². The molecule has 1 aromatic carbocycles. The molecule has 1 fully saturated rings. The van der Waals surface area contributed by atoms with E-state index in [9.17, 15) is 13.6 Å². The van der Waals surface area contributed by atoms with Crippen LogP contribution in [0.5, 0.6) is 0 Å². The maximum atomic E-state index is 14.1. The molecule has 1 aromatic rings. The lowest BCUT2D eigenvalue weighted by molar-refractivity contribution is -0.104. The smallest absolute Gasteiger partial charge is 0.408 e. The summed E-state index contributed by atoms with van der Waals surface area (Å²) < 4.78 is 32.6. The molecule has 0 spiro atoms. The third-order valence-corrected chi connectivity index (χ3v) is 4.43. The van der Waals surface area contributed by atoms with Gasteiger partial charge in [-0.2, -0.15) is 0 Å². The van der Waals surface area contributed by atoms with Crippen molar-refractivity contribution in [1.29, 1.82) is 0 Å². The molecule has 0 bridgehead atoms. The number of nitrogens with one attached hydrogen (secondary N) is 1. The Morgan fingerprint density at radius 2 is 1.45 bits per heavy atom. The zero-order valence-electron chi connectivity index (χ0n) is 12.4. The number of hydrogen-bond donors (Lipinski definition) is 1. The average Bonchev–Trinajstić information content (AvgIpc) is 2.39. The zero-order valence-corrected chi connectivity index (χ0v) is 12.4. The summed E-state index contributed by atoms with van der Waals surface area (Å²) in [5.41, 5.74) is 5.19. The summed E-state index contributed by atoms with van der Waals surface area (Å²) in [4.78, 5) is 11.3. The highest BCUT2D eigenvalue weighted by atomic mass is 19.3. The molecule has 0 radical (unpaired) electrons. The van der Waals surface area contributed by atoms with E-state index in [-0.39, 0.29) is 0 Å². The summed E-state index contributed by atoms with van der Waals surface area (Å²) in [5, 5.41) is 2.27. The highest BCUT2D eigenvalue weighted by Gasteiger charge is 2.48. The second-order valence-electron chi connectivity index (χ2n) is 5.45. The second-order valence-corrected chi connectivity index (χ2v) is 5.45. The molecule has 5 heteroatoms. The number of carbonyl (C=O) groups is 1. The van der Waals surface area contributed by atoms with Crippen LogP contribution in [0.4, 0.5) is 13.6 Å². The van der Waals surface area contributed by atoms with Crippen molar-refractivity contribution in [2.24, 2.45) is 0 Å². The van der Waals surface area contributed by atoms with Crippen molar-refractivity contribution in [1.82, 2.24) is 5.32 Å². The van der Waals surface area contributed by atoms with Gasteiger partial charge in [-0.1, -0.05) is 0 Å². The van der Waals surface area contributed by atoms with Crippen molar-refractivity contribution in [2.45, 2.75) is 46.6 Å². The molecule has 0 aliphatic carbocycles. The molecule has 3 nitrogen and oxygen atoms in total. The van der Waals surface area contributed by atoms with E-state index in [1.54, 1.807) is 0 Å². The fraction of sp³-hybridized carbons (Fsp3) is 0.533. The quantitative estimate of drug-likeness (QED) is 0.854. The number of alkyl halides is 2. The molecule has 20 heavy (non-hydrogen) atoms. The Hall–Kier alpha value is -1.65. The minimum Gasteiger partial charge on any atom is -0.443 e. The van der Waals surface area contributed by atoms with Crippen LogP contribution in [0.1, 0.15) is 39.4 Å². The Balaban J connectivity index is 2.65. The van der Waals surface area contributed by atoms with E-state index in [4.69, 9.17) is 0 Å². The van der Waals surface area contributed by atoms with Crippen LogP contribution in [0.15, 0.2) is 0 Å². The number of ether oxygens (including phenoxy) is 1. The lowest BCUT2D eigenvalue weighted by atomic mass is 9.84. The van der Waals surface area contributed by atoms with Crippen LogP contribution in [0, 0.1) is 34.6 Å². The molecule has 1 aliphatic heterocycles. The summed E-state index contributed by atoms with van der Waals surface area (Å²) in [7, 11) is 0. The highest BCUT2D eigenvalue weighted by Crippen LogP contribution is 2.40. The molecule has 0 unspecified atom stereocenters. The van der Waals surface area contributed by atoms with Gasteiger partial charge >= 0.3 is 12.0 Å². The van der Waals surface area contributed by atoms with Gasteiger partial charge in [-0.25, -0.2) is 13.6 Å². The topological polar surface area (TPSA) is 38.3 Å². The van der Waals surface area contributed by atoms with Crippen molar-refractivity contribution >= 4 is 6.09 Å². The monoisotopic (exact) mass is 283 g/mol. The maximum absolute atomic E-state index is 14.1. The van der Waals surface area contributed by atoms with Crippen molar-refractivity contribution in [3.05, 3.63) is 33.4 Å². The van der Waals surface area contributed by atoms with Gasteiger partial charge in [-0.3, -0.25) is 0 Å². The second kappa shape index (κ2) is 4.72. The number of hydrogen-bond acceptors (Lipinski definition) is 2. The van der Waals surface area contributed by atoms with Gasteiger partial charge in [0, 0.05) is 0 Å². The molecule has 1 atom stereocenters. The van der Waals surface area contributed by atoms with E-state index >= 15 is 0 Å². The van der Waals surface area contributed by atoms with Crippen molar-refractivity contribution < 1.29 is 18.3 Å². The molecule has 1 saturated heterocycles. The predicted molar refractivity (Wildman–Crippen MR) is 72.3 cm³/mol. The zero-order chi connectivity index (χ0) is 15.2. The van der Waals surface area contributed by atoms with Gasteiger partial charge in [0.05, 0.1) is 0 Å². The first-order valence-corrected chi connectivity index (χ1v) is 6.54. The van der Waals surface area contributed by atoms with E-state index in [1.807, 2.05) is 34.6 Å². The fourth-order valence-electron chi connectivity index (χ4n) is 2.76. The van der Waals surface area contributed by atoms with Crippen LogP contribution in [-0.4, -0.2) is 18.6 Å². The standard InChI is InChI=1S/C15H19F2NO2/c1-7-8(2)10(4)12(11(5)9(7)3)13-15(16,17)6-20-14(19)18-13/h13H,6H2,1-5H3,(H,18,19)/t13-/m0/s1. The highest BCUT2D eigenvalue weighted by molar-refractivity contribution is 5.70. The lowest BCUT2D eigenvalue weighted by Gasteiger charge is -2.34. The Bertz CT molecular complexity index is 553. The van der Waals surface area contributed by atoms with Crippen LogP contribution < -0.4 is 5.32 Å². The third kappa shape index (κ3) is 2.15. The Kier molecular flexibility index (Phi) is 3.48. The van der Waals surface area contributed by atoms with Crippen LogP contribution in [-0.2, 0) is 4.74 Å². The summed E-state index contributed by atoms with van der Waals surface area (Å²) in [6, 6.07) is -1.33. The lowest BCUT2D eigenvalue weighted by Crippen LogP contribution is -2.50. The number of alkyl carbamates (subject to hydrolysis) is 1. The number of halogens is 2. The number of rotatable bonds is 1. The Morgan fingerprint density at radius 1 is 1.00 bits per heavy atom. The molecule has 0 saturated carbocycles. The van der Waals surface area contributed by atoms with E-state index in [0.717, 1.165) is 27.8 Å². The summed E-state index contributed by atoms with van der Waals surface area (Å²) in [6.45, 7) is 8.58. The first kappa shape index (κ1) is 14.8. The number of amides is 1. The van der Waals surface area contributed by atoms with E-state index in [1.165, 1.54) is 0 Å². The van der Waals surface area contributed by atoms with Gasteiger partial charge in [-0.15, -0.1) is 0 Å². The van der Waals surface area contributed by atoms with E-state index in [0.29, 0.717) is 5.56 Å². The van der Waals surface area contributed by atoms with Gasteiger partial charge in [-0.05, 0) is 68.0 Å². The van der Waals surface area contributed by atoms with Gasteiger partial charge in [0.15, 0.2) is 6.61 Å².